The smallest absolute Gasteiger partial charge is 0.263 e. The molecule has 2 rings (SSSR count). The first-order valence-electron chi connectivity index (χ1n) is 6.10. The van der Waals surface area contributed by atoms with Crippen LogP contribution in [-0.4, -0.2) is 19.9 Å². The molecular formula is C13H13BrClN3O2S. The minimum Gasteiger partial charge on any atom is -0.370 e. The van der Waals surface area contributed by atoms with Crippen molar-refractivity contribution in [3.63, 3.8) is 0 Å². The number of pyridine rings is 1. The fourth-order valence-corrected chi connectivity index (χ4v) is 3.40. The van der Waals surface area contributed by atoms with Crippen LogP contribution in [0, 0.1) is 0 Å². The fraction of sp³-hybridized carbons (Fsp3) is 0.154. The van der Waals surface area contributed by atoms with Crippen LogP contribution in [0.2, 0.25) is 5.02 Å². The zero-order valence-corrected chi connectivity index (χ0v) is 14.3. The van der Waals surface area contributed by atoms with E-state index >= 15 is 0 Å². The van der Waals surface area contributed by atoms with Gasteiger partial charge in [0.05, 0.1) is 10.7 Å². The van der Waals surface area contributed by atoms with E-state index in [1.165, 1.54) is 12.3 Å². The summed E-state index contributed by atoms with van der Waals surface area (Å²) in [7, 11) is -3.72. The Kier molecular flexibility index (Phi) is 5.08. The van der Waals surface area contributed by atoms with Gasteiger partial charge in [0, 0.05) is 17.2 Å². The van der Waals surface area contributed by atoms with Gasteiger partial charge < -0.3 is 5.32 Å². The average Bonchev–Trinajstić information content (AvgIpc) is 2.43. The van der Waals surface area contributed by atoms with E-state index in [-0.39, 0.29) is 4.90 Å². The molecule has 1 heterocycles. The van der Waals surface area contributed by atoms with Crippen LogP contribution in [0.1, 0.15) is 6.92 Å². The third kappa shape index (κ3) is 4.09. The Labute approximate surface area is 136 Å². The van der Waals surface area contributed by atoms with Crippen LogP contribution in [0.15, 0.2) is 45.9 Å². The van der Waals surface area contributed by atoms with Crippen molar-refractivity contribution in [1.29, 1.82) is 0 Å². The number of benzene rings is 1. The molecule has 21 heavy (non-hydrogen) atoms. The molecule has 0 radical (unpaired) electrons. The summed E-state index contributed by atoms with van der Waals surface area (Å²) in [6.07, 6.45) is 1.30. The molecule has 0 aliphatic carbocycles. The fourth-order valence-electron chi connectivity index (χ4n) is 1.60. The topological polar surface area (TPSA) is 71.1 Å². The molecule has 1 aromatic heterocycles. The predicted octanol–water partition coefficient (Wildman–Crippen LogP) is 3.73. The lowest BCUT2D eigenvalue weighted by atomic mass is 10.3. The van der Waals surface area contributed by atoms with Crippen LogP contribution >= 0.6 is 27.5 Å². The Morgan fingerprint density at radius 2 is 2.05 bits per heavy atom. The van der Waals surface area contributed by atoms with Crippen LogP contribution in [0.3, 0.4) is 0 Å². The van der Waals surface area contributed by atoms with Gasteiger partial charge in [-0.1, -0.05) is 27.5 Å². The highest BCUT2D eigenvalue weighted by molar-refractivity contribution is 9.10. The zero-order valence-electron chi connectivity index (χ0n) is 11.1. The molecule has 2 aromatic rings. The van der Waals surface area contributed by atoms with E-state index in [4.69, 9.17) is 11.6 Å². The molecule has 1 aromatic carbocycles. The Hall–Kier alpha value is -1.31. The summed E-state index contributed by atoms with van der Waals surface area (Å²) in [5.74, 6) is 0.623. The third-order valence-electron chi connectivity index (χ3n) is 2.58. The monoisotopic (exact) mass is 389 g/mol. The van der Waals surface area contributed by atoms with Crippen LogP contribution in [0.5, 0.6) is 0 Å². The van der Waals surface area contributed by atoms with Crippen molar-refractivity contribution in [2.45, 2.75) is 11.8 Å². The van der Waals surface area contributed by atoms with Gasteiger partial charge in [-0.15, -0.1) is 0 Å². The molecule has 0 aliphatic rings. The number of hydrogen-bond acceptors (Lipinski definition) is 4. The first-order valence-corrected chi connectivity index (χ1v) is 8.75. The average molecular weight is 391 g/mol. The largest absolute Gasteiger partial charge is 0.370 e. The van der Waals surface area contributed by atoms with Gasteiger partial charge in [0.25, 0.3) is 10.0 Å². The highest BCUT2D eigenvalue weighted by Gasteiger charge is 2.16. The van der Waals surface area contributed by atoms with E-state index in [2.05, 4.69) is 31.0 Å². The minimum absolute atomic E-state index is 0.0724. The summed E-state index contributed by atoms with van der Waals surface area (Å²) in [6, 6.07) is 8.01. The molecule has 112 valence electrons. The van der Waals surface area contributed by atoms with Gasteiger partial charge in [0.15, 0.2) is 0 Å². The van der Waals surface area contributed by atoms with Crippen LogP contribution in [-0.2, 0) is 10.0 Å². The molecule has 0 atom stereocenters. The highest BCUT2D eigenvalue weighted by Crippen LogP contribution is 2.27. The molecule has 0 bridgehead atoms. The zero-order chi connectivity index (χ0) is 15.5. The van der Waals surface area contributed by atoms with Crippen molar-refractivity contribution in [1.82, 2.24) is 4.98 Å². The summed E-state index contributed by atoms with van der Waals surface area (Å²) in [5, 5.41) is 3.31. The Morgan fingerprint density at radius 3 is 2.62 bits per heavy atom. The summed E-state index contributed by atoms with van der Waals surface area (Å²) in [6.45, 7) is 2.65. The summed E-state index contributed by atoms with van der Waals surface area (Å²) in [5.41, 5.74) is 0.315. The highest BCUT2D eigenvalue weighted by atomic mass is 79.9. The Balaban J connectivity index is 2.25. The van der Waals surface area contributed by atoms with Crippen molar-refractivity contribution in [3.8, 4) is 0 Å². The molecule has 2 N–H and O–H groups in total. The van der Waals surface area contributed by atoms with Gasteiger partial charge in [0.2, 0.25) is 0 Å². The maximum Gasteiger partial charge on any atom is 0.263 e. The molecule has 0 spiro atoms. The van der Waals surface area contributed by atoms with E-state index in [1.54, 1.807) is 24.3 Å². The van der Waals surface area contributed by atoms with Crippen molar-refractivity contribution >= 4 is 49.1 Å². The summed E-state index contributed by atoms with van der Waals surface area (Å²) in [4.78, 5) is 4.11. The first-order chi connectivity index (χ1) is 9.92. The lowest BCUT2D eigenvalue weighted by Gasteiger charge is -2.10. The van der Waals surface area contributed by atoms with Gasteiger partial charge in [-0.05, 0) is 37.3 Å². The summed E-state index contributed by atoms with van der Waals surface area (Å²) >= 11 is 9.27. The first kappa shape index (κ1) is 16.1. The quantitative estimate of drug-likeness (QED) is 0.816. The molecular weight excluding hydrogens is 378 g/mol. The molecule has 8 heteroatoms. The van der Waals surface area contributed by atoms with Gasteiger partial charge in [-0.25, -0.2) is 13.4 Å². The Bertz CT molecular complexity index is 736. The lowest BCUT2D eigenvalue weighted by Crippen LogP contribution is -2.13. The van der Waals surface area contributed by atoms with E-state index in [1.807, 2.05) is 6.92 Å². The van der Waals surface area contributed by atoms with Crippen molar-refractivity contribution < 1.29 is 8.42 Å². The Morgan fingerprint density at radius 1 is 1.29 bits per heavy atom. The van der Waals surface area contributed by atoms with Gasteiger partial charge in [-0.3, -0.25) is 4.72 Å². The van der Waals surface area contributed by atoms with Crippen molar-refractivity contribution in [3.05, 3.63) is 46.0 Å². The molecule has 5 nitrogen and oxygen atoms in total. The number of anilines is 2. The van der Waals surface area contributed by atoms with Crippen LogP contribution in [0.25, 0.3) is 0 Å². The normalized spacial score (nSPS) is 11.2. The molecule has 0 unspecified atom stereocenters. The number of nitrogens with one attached hydrogen (secondary N) is 2. The lowest BCUT2D eigenvalue weighted by molar-refractivity contribution is 0.601. The summed E-state index contributed by atoms with van der Waals surface area (Å²) < 4.78 is 27.7. The molecule has 0 saturated heterocycles. The second-order valence-electron chi connectivity index (χ2n) is 4.14. The maximum absolute atomic E-state index is 12.3. The van der Waals surface area contributed by atoms with E-state index in [9.17, 15) is 8.42 Å². The molecule has 0 fully saturated rings. The molecule has 0 amide bonds. The number of sulfonamides is 1. The van der Waals surface area contributed by atoms with E-state index < -0.39 is 10.0 Å². The van der Waals surface area contributed by atoms with Crippen LogP contribution < -0.4 is 10.0 Å². The van der Waals surface area contributed by atoms with Gasteiger partial charge in [0.1, 0.15) is 10.7 Å². The second kappa shape index (κ2) is 6.64. The number of hydrogen-bond donors (Lipinski definition) is 2. The van der Waals surface area contributed by atoms with Gasteiger partial charge >= 0.3 is 0 Å². The maximum atomic E-state index is 12.3. The van der Waals surface area contributed by atoms with Crippen molar-refractivity contribution in [2.24, 2.45) is 0 Å². The number of rotatable bonds is 5. The molecule has 0 saturated carbocycles. The number of nitrogens with zero attached hydrogens (tertiary/aromatic N) is 1. The van der Waals surface area contributed by atoms with E-state index in [0.717, 1.165) is 4.47 Å². The number of halogens is 2. The van der Waals surface area contributed by atoms with Crippen LogP contribution in [0.4, 0.5) is 11.5 Å². The minimum atomic E-state index is -3.72. The SMILES string of the molecule is CCNc1ccc(S(=O)(=O)Nc2ccc(Br)cc2Cl)cn1. The van der Waals surface area contributed by atoms with Gasteiger partial charge in [-0.2, -0.15) is 0 Å². The second-order valence-corrected chi connectivity index (χ2v) is 7.14. The van der Waals surface area contributed by atoms with E-state index in [0.29, 0.717) is 23.1 Å². The van der Waals surface area contributed by atoms with Crippen molar-refractivity contribution in [2.75, 3.05) is 16.6 Å². The third-order valence-corrected chi connectivity index (χ3v) is 4.74. The number of aromatic nitrogens is 1. The standard InChI is InChI=1S/C13H13BrClN3O2S/c1-2-16-13-6-4-10(8-17-13)21(19,20)18-12-5-3-9(14)7-11(12)15/h3-8,18H,2H2,1H3,(H,16,17). The molecule has 0 aliphatic heterocycles. The predicted molar refractivity (Wildman–Crippen MR) is 88.4 cm³/mol.